The van der Waals surface area contributed by atoms with Crippen LogP contribution >= 0.6 is 0 Å². The van der Waals surface area contributed by atoms with Gasteiger partial charge in [0.1, 0.15) is 6.04 Å². The number of rotatable bonds is 4. The summed E-state index contributed by atoms with van der Waals surface area (Å²) in [6.45, 7) is 0.305. The van der Waals surface area contributed by atoms with Crippen molar-refractivity contribution >= 4 is 16.2 Å². The summed E-state index contributed by atoms with van der Waals surface area (Å²) in [7, 11) is -3.64. The second kappa shape index (κ2) is 4.91. The fourth-order valence-corrected chi connectivity index (χ4v) is 3.79. The first-order valence-electron chi connectivity index (χ1n) is 6.02. The van der Waals surface area contributed by atoms with Crippen LogP contribution in [0.1, 0.15) is 38.5 Å². The van der Waals surface area contributed by atoms with E-state index in [2.05, 4.69) is 4.72 Å². The van der Waals surface area contributed by atoms with E-state index in [-0.39, 0.29) is 6.04 Å². The number of aliphatic carboxylic acids is 1. The molecule has 98 valence electrons. The van der Waals surface area contributed by atoms with E-state index >= 15 is 0 Å². The highest BCUT2D eigenvalue weighted by molar-refractivity contribution is 7.87. The number of carboxylic acid groups (broad SMARTS) is 1. The van der Waals surface area contributed by atoms with Gasteiger partial charge in [-0.25, -0.2) is 0 Å². The molecule has 1 unspecified atom stereocenters. The van der Waals surface area contributed by atoms with E-state index in [1.165, 1.54) is 0 Å². The van der Waals surface area contributed by atoms with Gasteiger partial charge in [0.05, 0.1) is 0 Å². The molecule has 1 aliphatic heterocycles. The SMILES string of the molecule is O=C(O)C1CCCCCN1S(=O)(=O)NC1CC1. The first-order chi connectivity index (χ1) is 8.00. The van der Waals surface area contributed by atoms with E-state index in [4.69, 9.17) is 5.11 Å². The van der Waals surface area contributed by atoms with Crippen molar-refractivity contribution in [3.8, 4) is 0 Å². The molecule has 1 aliphatic carbocycles. The van der Waals surface area contributed by atoms with Gasteiger partial charge in [-0.1, -0.05) is 12.8 Å². The highest BCUT2D eigenvalue weighted by Gasteiger charge is 2.38. The number of hydrogen-bond donors (Lipinski definition) is 2. The van der Waals surface area contributed by atoms with Gasteiger partial charge in [0.15, 0.2) is 0 Å². The summed E-state index contributed by atoms with van der Waals surface area (Å²) in [5, 5.41) is 9.11. The van der Waals surface area contributed by atoms with Crippen LogP contribution in [0.4, 0.5) is 0 Å². The van der Waals surface area contributed by atoms with Crippen molar-refractivity contribution in [1.82, 2.24) is 9.03 Å². The molecule has 1 saturated carbocycles. The summed E-state index contributed by atoms with van der Waals surface area (Å²) in [5.41, 5.74) is 0. The van der Waals surface area contributed by atoms with Gasteiger partial charge in [-0.05, 0) is 25.7 Å². The zero-order valence-electron chi connectivity index (χ0n) is 9.63. The van der Waals surface area contributed by atoms with Crippen LogP contribution in [0.2, 0.25) is 0 Å². The Morgan fingerprint density at radius 3 is 2.47 bits per heavy atom. The third-order valence-corrected chi connectivity index (χ3v) is 4.88. The van der Waals surface area contributed by atoms with Gasteiger partial charge in [-0.3, -0.25) is 4.79 Å². The largest absolute Gasteiger partial charge is 0.480 e. The van der Waals surface area contributed by atoms with Crippen molar-refractivity contribution in [3.63, 3.8) is 0 Å². The van der Waals surface area contributed by atoms with Crippen LogP contribution in [0, 0.1) is 0 Å². The standard InChI is InChI=1S/C10H18N2O4S/c13-10(14)9-4-2-1-3-7-12(9)17(15,16)11-8-5-6-8/h8-9,11H,1-7H2,(H,13,14). The Labute approximate surface area is 101 Å². The van der Waals surface area contributed by atoms with Crippen molar-refractivity contribution in [3.05, 3.63) is 0 Å². The molecule has 1 heterocycles. The molecule has 0 aromatic carbocycles. The maximum Gasteiger partial charge on any atom is 0.322 e. The Hall–Kier alpha value is -0.660. The molecule has 7 heteroatoms. The lowest BCUT2D eigenvalue weighted by atomic mass is 10.1. The Morgan fingerprint density at radius 2 is 1.88 bits per heavy atom. The first kappa shape index (κ1) is 12.8. The lowest BCUT2D eigenvalue weighted by Crippen LogP contribution is -2.50. The number of nitrogens with zero attached hydrogens (tertiary/aromatic N) is 1. The summed E-state index contributed by atoms with van der Waals surface area (Å²) in [4.78, 5) is 11.1. The van der Waals surface area contributed by atoms with Crippen molar-refractivity contribution < 1.29 is 18.3 Å². The van der Waals surface area contributed by atoms with Gasteiger partial charge < -0.3 is 5.11 Å². The molecule has 0 radical (unpaired) electrons. The normalized spacial score (nSPS) is 27.6. The Bertz CT molecular complexity index is 391. The van der Waals surface area contributed by atoms with Crippen molar-refractivity contribution in [1.29, 1.82) is 0 Å². The molecule has 6 nitrogen and oxygen atoms in total. The van der Waals surface area contributed by atoms with E-state index in [9.17, 15) is 13.2 Å². The lowest BCUT2D eigenvalue weighted by Gasteiger charge is -2.26. The molecule has 0 aromatic rings. The van der Waals surface area contributed by atoms with Gasteiger partial charge in [-0.2, -0.15) is 17.4 Å². The average Bonchev–Trinajstić information content (AvgIpc) is 3.01. The molecule has 2 fully saturated rings. The third kappa shape index (κ3) is 3.17. The fraction of sp³-hybridized carbons (Fsp3) is 0.900. The second-order valence-corrected chi connectivity index (χ2v) is 6.37. The Morgan fingerprint density at radius 1 is 1.18 bits per heavy atom. The van der Waals surface area contributed by atoms with Crippen LogP contribution in [0.15, 0.2) is 0 Å². The maximum absolute atomic E-state index is 12.1. The van der Waals surface area contributed by atoms with E-state index in [1.807, 2.05) is 0 Å². The molecule has 0 aromatic heterocycles. The molecule has 0 amide bonds. The third-order valence-electron chi connectivity index (χ3n) is 3.19. The topological polar surface area (TPSA) is 86.7 Å². The number of hydrogen-bond acceptors (Lipinski definition) is 3. The second-order valence-electron chi connectivity index (χ2n) is 4.71. The summed E-state index contributed by atoms with van der Waals surface area (Å²) in [6, 6.07) is -0.897. The van der Waals surface area contributed by atoms with Crippen LogP contribution in [0.5, 0.6) is 0 Å². The minimum absolute atomic E-state index is 0.0118. The fourth-order valence-electron chi connectivity index (χ4n) is 2.10. The molecule has 0 bridgehead atoms. The summed E-state index contributed by atoms with van der Waals surface area (Å²) >= 11 is 0. The summed E-state index contributed by atoms with van der Waals surface area (Å²) in [6.07, 6.45) is 4.50. The van der Waals surface area contributed by atoms with Crippen LogP contribution in [0.25, 0.3) is 0 Å². The summed E-state index contributed by atoms with van der Waals surface area (Å²) < 4.78 is 27.8. The molecule has 1 atom stereocenters. The summed E-state index contributed by atoms with van der Waals surface area (Å²) in [5.74, 6) is -1.05. The molecule has 17 heavy (non-hydrogen) atoms. The highest BCUT2D eigenvalue weighted by Crippen LogP contribution is 2.24. The van der Waals surface area contributed by atoms with Crippen molar-refractivity contribution in [2.75, 3.05) is 6.54 Å². The molecular formula is C10H18N2O4S. The van der Waals surface area contributed by atoms with Crippen LogP contribution in [0.3, 0.4) is 0 Å². The van der Waals surface area contributed by atoms with Gasteiger partial charge in [0.2, 0.25) is 0 Å². The van der Waals surface area contributed by atoms with Gasteiger partial charge in [0.25, 0.3) is 10.2 Å². The quantitative estimate of drug-likeness (QED) is 0.763. The van der Waals surface area contributed by atoms with Gasteiger partial charge in [-0.15, -0.1) is 0 Å². The minimum Gasteiger partial charge on any atom is -0.480 e. The van der Waals surface area contributed by atoms with Crippen LogP contribution < -0.4 is 4.72 Å². The average molecular weight is 262 g/mol. The lowest BCUT2D eigenvalue weighted by molar-refractivity contribution is -0.141. The van der Waals surface area contributed by atoms with Crippen molar-refractivity contribution in [2.45, 2.75) is 50.6 Å². The van der Waals surface area contributed by atoms with E-state index in [1.54, 1.807) is 0 Å². The molecule has 1 saturated heterocycles. The number of carboxylic acids is 1. The molecule has 2 N–H and O–H groups in total. The number of carbonyl (C=O) groups is 1. The smallest absolute Gasteiger partial charge is 0.322 e. The Balaban J connectivity index is 2.15. The molecule has 0 spiro atoms. The predicted octanol–water partition coefficient (Wildman–Crippen LogP) is 0.312. The van der Waals surface area contributed by atoms with E-state index < -0.39 is 22.2 Å². The minimum atomic E-state index is -3.64. The van der Waals surface area contributed by atoms with Gasteiger partial charge >= 0.3 is 5.97 Å². The van der Waals surface area contributed by atoms with E-state index in [0.717, 1.165) is 36.4 Å². The molecule has 2 rings (SSSR count). The maximum atomic E-state index is 12.1. The monoisotopic (exact) mass is 262 g/mol. The van der Waals surface area contributed by atoms with Crippen molar-refractivity contribution in [2.24, 2.45) is 0 Å². The van der Waals surface area contributed by atoms with Crippen LogP contribution in [-0.4, -0.2) is 42.4 Å². The highest BCUT2D eigenvalue weighted by atomic mass is 32.2. The molecule has 2 aliphatic rings. The van der Waals surface area contributed by atoms with Gasteiger partial charge in [0, 0.05) is 12.6 Å². The van der Waals surface area contributed by atoms with Crippen LogP contribution in [-0.2, 0) is 15.0 Å². The van der Waals surface area contributed by atoms with E-state index in [0.29, 0.717) is 13.0 Å². The number of nitrogens with one attached hydrogen (secondary N) is 1. The first-order valence-corrected chi connectivity index (χ1v) is 7.46. The molecular weight excluding hydrogens is 244 g/mol. The zero-order chi connectivity index (χ0) is 12.5. The Kier molecular flexibility index (Phi) is 3.70. The zero-order valence-corrected chi connectivity index (χ0v) is 10.4. The predicted molar refractivity (Wildman–Crippen MR) is 61.7 cm³/mol.